The molecule has 0 aromatic rings. The third-order valence-electron chi connectivity index (χ3n) is 4.24. The summed E-state index contributed by atoms with van der Waals surface area (Å²) in [5.74, 6) is 0.213. The fourth-order valence-electron chi connectivity index (χ4n) is 2.86. The van der Waals surface area contributed by atoms with Crippen LogP contribution in [0.5, 0.6) is 0 Å². The van der Waals surface area contributed by atoms with E-state index in [1.54, 1.807) is 25.7 Å². The molecule has 0 atom stereocenters. The van der Waals surface area contributed by atoms with Gasteiger partial charge in [0.25, 0.3) is 0 Å². The highest BCUT2D eigenvalue weighted by Crippen LogP contribution is 2.31. The van der Waals surface area contributed by atoms with Gasteiger partial charge in [0.15, 0.2) is 0 Å². The van der Waals surface area contributed by atoms with Crippen molar-refractivity contribution in [2.24, 2.45) is 5.92 Å². The molecule has 0 spiro atoms. The first-order valence-electron chi connectivity index (χ1n) is 9.67. The molecule has 1 saturated carbocycles. The first-order valence-corrected chi connectivity index (χ1v) is 11.1. The minimum Gasteiger partial charge on any atom is -0.444 e. The number of nitrogens with zero attached hydrogens (tertiary/aromatic N) is 2. The van der Waals surface area contributed by atoms with Gasteiger partial charge in [-0.1, -0.05) is 0 Å². The van der Waals surface area contributed by atoms with Crippen molar-refractivity contribution in [3.05, 3.63) is 0 Å². The summed E-state index contributed by atoms with van der Waals surface area (Å²) in [4.78, 5) is 25.5. The van der Waals surface area contributed by atoms with Crippen molar-refractivity contribution in [2.75, 3.05) is 19.6 Å². The lowest BCUT2D eigenvalue weighted by molar-refractivity contribution is -0.00277. The molecule has 0 unspecified atom stereocenters. The molecule has 162 valence electrons. The molecule has 1 aliphatic carbocycles. The number of likely N-dealkylation sites (tertiary alicyclic amines) is 1. The van der Waals surface area contributed by atoms with Gasteiger partial charge in [0, 0.05) is 25.7 Å². The van der Waals surface area contributed by atoms with E-state index in [2.05, 4.69) is 0 Å². The Morgan fingerprint density at radius 3 is 2.04 bits per heavy atom. The Morgan fingerprint density at radius 2 is 1.57 bits per heavy atom. The van der Waals surface area contributed by atoms with Crippen LogP contribution in [0.25, 0.3) is 0 Å². The molecule has 0 aromatic carbocycles. The molecule has 28 heavy (non-hydrogen) atoms. The van der Waals surface area contributed by atoms with E-state index in [1.165, 1.54) is 4.31 Å². The Bertz CT molecular complexity index is 685. The van der Waals surface area contributed by atoms with Gasteiger partial charge in [-0.25, -0.2) is 14.3 Å². The maximum absolute atomic E-state index is 12.6. The second kappa shape index (κ2) is 8.06. The fraction of sp³-hybridized carbons (Fsp3) is 0.889. The summed E-state index contributed by atoms with van der Waals surface area (Å²) in [7, 11) is -3.96. The monoisotopic (exact) mass is 419 g/mol. The number of nitrogens with one attached hydrogen (secondary N) is 1. The highest BCUT2D eigenvalue weighted by molar-refractivity contribution is 7.87. The predicted molar refractivity (Wildman–Crippen MR) is 104 cm³/mol. The van der Waals surface area contributed by atoms with Crippen LogP contribution in [0.15, 0.2) is 0 Å². The minimum absolute atomic E-state index is 0.0815. The predicted octanol–water partition coefficient (Wildman–Crippen LogP) is 2.48. The first kappa shape index (κ1) is 22.7. The normalized spacial score (nSPS) is 18.6. The summed E-state index contributed by atoms with van der Waals surface area (Å²) < 4.78 is 38.9. The van der Waals surface area contributed by atoms with Crippen molar-refractivity contribution < 1.29 is 27.5 Å². The van der Waals surface area contributed by atoms with Crippen LogP contribution in [0.4, 0.5) is 9.59 Å². The molecule has 10 heteroatoms. The Labute approximate surface area is 167 Å². The summed E-state index contributed by atoms with van der Waals surface area (Å²) >= 11 is 0. The Hall–Kier alpha value is -1.55. The van der Waals surface area contributed by atoms with Gasteiger partial charge in [0.05, 0.1) is 0 Å². The van der Waals surface area contributed by atoms with Gasteiger partial charge in [-0.05, 0) is 66.7 Å². The summed E-state index contributed by atoms with van der Waals surface area (Å²) in [6.45, 7) is 11.9. The van der Waals surface area contributed by atoms with Crippen LogP contribution in [0.3, 0.4) is 0 Å². The van der Waals surface area contributed by atoms with Crippen molar-refractivity contribution in [2.45, 2.75) is 78.0 Å². The van der Waals surface area contributed by atoms with Gasteiger partial charge in [-0.3, -0.25) is 0 Å². The first-order chi connectivity index (χ1) is 12.7. The van der Waals surface area contributed by atoms with Crippen LogP contribution in [0.1, 0.15) is 60.8 Å². The Morgan fingerprint density at radius 1 is 1.04 bits per heavy atom. The van der Waals surface area contributed by atoms with Crippen LogP contribution in [0.2, 0.25) is 0 Å². The second-order valence-corrected chi connectivity index (χ2v) is 11.1. The van der Waals surface area contributed by atoms with Crippen LogP contribution < -0.4 is 4.72 Å². The third kappa shape index (κ3) is 7.12. The van der Waals surface area contributed by atoms with Crippen LogP contribution >= 0.6 is 0 Å². The summed E-state index contributed by atoms with van der Waals surface area (Å²) in [6, 6.07) is -0.0815. The number of carbonyl (C=O) groups excluding carboxylic acids is 2. The molecule has 0 radical (unpaired) electrons. The van der Waals surface area contributed by atoms with Gasteiger partial charge in [0.2, 0.25) is 0 Å². The molecule has 1 heterocycles. The highest BCUT2D eigenvalue weighted by Gasteiger charge is 2.40. The van der Waals surface area contributed by atoms with E-state index in [-0.39, 0.29) is 18.1 Å². The van der Waals surface area contributed by atoms with Gasteiger partial charge < -0.3 is 14.4 Å². The average molecular weight is 420 g/mol. The SMILES string of the molecule is CC(C)(C)OC(=O)NS(=O)(=O)N(CCC1CN(C(=O)OC(C)(C)C)C1)C1CC1. The highest BCUT2D eigenvalue weighted by atomic mass is 32.2. The van der Waals surface area contributed by atoms with Crippen LogP contribution in [0, 0.1) is 5.92 Å². The van der Waals surface area contributed by atoms with Gasteiger partial charge in [-0.15, -0.1) is 0 Å². The van der Waals surface area contributed by atoms with Gasteiger partial charge in [0.1, 0.15) is 11.2 Å². The van der Waals surface area contributed by atoms with E-state index >= 15 is 0 Å². The van der Waals surface area contributed by atoms with Crippen molar-refractivity contribution >= 4 is 22.4 Å². The minimum atomic E-state index is -3.96. The summed E-state index contributed by atoms with van der Waals surface area (Å²) in [5, 5.41) is 0. The van der Waals surface area contributed by atoms with Gasteiger partial charge in [-0.2, -0.15) is 12.7 Å². The fourth-order valence-corrected chi connectivity index (χ4v) is 4.18. The molecule has 2 rings (SSSR count). The van der Waals surface area contributed by atoms with Crippen LogP contribution in [-0.4, -0.2) is 66.7 Å². The molecule has 0 bridgehead atoms. The van der Waals surface area contributed by atoms with E-state index in [4.69, 9.17) is 9.47 Å². The van der Waals surface area contributed by atoms with Crippen molar-refractivity contribution in [3.8, 4) is 0 Å². The summed E-state index contributed by atoms with van der Waals surface area (Å²) in [5.41, 5.74) is -1.31. The van der Waals surface area contributed by atoms with E-state index < -0.39 is 27.5 Å². The third-order valence-corrected chi connectivity index (χ3v) is 5.76. The zero-order valence-electron chi connectivity index (χ0n) is 17.6. The second-order valence-electron chi connectivity index (χ2n) is 9.49. The number of rotatable bonds is 6. The Balaban J connectivity index is 1.83. The molecular weight excluding hydrogens is 386 g/mol. The number of ether oxygens (including phenoxy) is 2. The van der Waals surface area contributed by atoms with Gasteiger partial charge >= 0.3 is 22.4 Å². The van der Waals surface area contributed by atoms with Crippen molar-refractivity contribution in [1.82, 2.24) is 13.9 Å². The molecule has 1 saturated heterocycles. The molecule has 1 aliphatic heterocycles. The van der Waals surface area contributed by atoms with E-state index in [0.29, 0.717) is 26.1 Å². The lowest BCUT2D eigenvalue weighted by Gasteiger charge is -2.40. The molecule has 2 amide bonds. The molecule has 2 fully saturated rings. The lowest BCUT2D eigenvalue weighted by Crippen LogP contribution is -2.53. The van der Waals surface area contributed by atoms with Crippen molar-refractivity contribution in [3.63, 3.8) is 0 Å². The number of hydrogen-bond donors (Lipinski definition) is 1. The zero-order valence-corrected chi connectivity index (χ0v) is 18.5. The molecule has 1 N–H and O–H groups in total. The molecule has 0 aromatic heterocycles. The zero-order chi connectivity index (χ0) is 21.3. The standard InChI is InChI=1S/C18H33N3O6S/c1-17(2,3)26-15(22)19-28(24,25)21(14-7-8-14)10-9-13-11-20(12-13)16(23)27-18(4,5)6/h13-14H,7-12H2,1-6H3,(H,19,22). The maximum Gasteiger partial charge on any atom is 0.422 e. The average Bonchev–Trinajstić information content (AvgIpc) is 3.19. The number of hydrogen-bond acceptors (Lipinski definition) is 6. The van der Waals surface area contributed by atoms with E-state index in [9.17, 15) is 18.0 Å². The number of amides is 2. The topological polar surface area (TPSA) is 105 Å². The van der Waals surface area contributed by atoms with E-state index in [0.717, 1.165) is 12.8 Å². The van der Waals surface area contributed by atoms with E-state index in [1.807, 2.05) is 25.5 Å². The van der Waals surface area contributed by atoms with Crippen LogP contribution in [-0.2, 0) is 19.7 Å². The van der Waals surface area contributed by atoms with Crippen molar-refractivity contribution in [1.29, 1.82) is 0 Å². The smallest absolute Gasteiger partial charge is 0.422 e. The Kier molecular flexibility index (Phi) is 6.54. The molecule has 9 nitrogen and oxygen atoms in total. The quantitative estimate of drug-likeness (QED) is 0.709. The largest absolute Gasteiger partial charge is 0.444 e. The molecule has 2 aliphatic rings. The summed E-state index contributed by atoms with van der Waals surface area (Å²) in [6.07, 6.45) is 0.860. The molecular formula is C18H33N3O6S. The maximum atomic E-state index is 12.6. The number of carbonyl (C=O) groups is 2. The lowest BCUT2D eigenvalue weighted by atomic mass is 9.97.